The molecule has 16 heavy (non-hydrogen) atoms. The molecule has 0 spiro atoms. The molecule has 0 radical (unpaired) electrons. The number of urea groups is 1. The number of carboxylic acids is 1. The van der Waals surface area contributed by atoms with Crippen molar-refractivity contribution in [3.05, 3.63) is 11.6 Å². The van der Waals surface area contributed by atoms with E-state index in [1.165, 1.54) is 11.3 Å². The van der Waals surface area contributed by atoms with Gasteiger partial charge in [-0.05, 0) is 19.3 Å². The molecule has 7 heteroatoms. The zero-order valence-corrected chi connectivity index (χ0v) is 9.21. The van der Waals surface area contributed by atoms with E-state index in [9.17, 15) is 9.59 Å². The molecule has 86 valence electrons. The van der Waals surface area contributed by atoms with Gasteiger partial charge in [0.2, 0.25) is 0 Å². The van der Waals surface area contributed by atoms with Crippen LogP contribution in [0.1, 0.15) is 19.3 Å². The highest BCUT2D eigenvalue weighted by Crippen LogP contribution is 2.32. The van der Waals surface area contributed by atoms with Crippen LogP contribution in [0.5, 0.6) is 0 Å². The maximum Gasteiger partial charge on any atom is 0.329 e. The quantitative estimate of drug-likeness (QED) is 0.743. The fraction of sp³-hybridized carbons (Fsp3) is 0.444. The maximum absolute atomic E-state index is 11.5. The lowest BCUT2D eigenvalue weighted by Crippen LogP contribution is -2.60. The standard InChI is InChI=1S/C9H11N3O3S/c13-6(14)9(2-1-3-9)12-7(15)11-8-10-4-5-16-8/h4-5H,1-3H2,(H,13,14)(H2,10,11,12,15). The van der Waals surface area contributed by atoms with Crippen molar-refractivity contribution in [1.82, 2.24) is 10.3 Å². The fourth-order valence-electron chi connectivity index (χ4n) is 1.55. The van der Waals surface area contributed by atoms with E-state index >= 15 is 0 Å². The van der Waals surface area contributed by atoms with E-state index < -0.39 is 17.5 Å². The molecule has 1 aromatic heterocycles. The minimum Gasteiger partial charge on any atom is -0.480 e. The number of carbonyl (C=O) groups excluding carboxylic acids is 1. The molecule has 1 aromatic rings. The lowest BCUT2D eigenvalue weighted by molar-refractivity contribution is -0.148. The third-order valence-electron chi connectivity index (χ3n) is 2.62. The second-order valence-electron chi connectivity index (χ2n) is 3.66. The zero-order valence-electron chi connectivity index (χ0n) is 8.40. The van der Waals surface area contributed by atoms with Crippen molar-refractivity contribution in [3.63, 3.8) is 0 Å². The van der Waals surface area contributed by atoms with Crippen LogP contribution < -0.4 is 10.6 Å². The van der Waals surface area contributed by atoms with Crippen LogP contribution in [0.2, 0.25) is 0 Å². The molecule has 1 heterocycles. The lowest BCUT2D eigenvalue weighted by Gasteiger charge is -2.37. The Balaban J connectivity index is 1.94. The van der Waals surface area contributed by atoms with Gasteiger partial charge in [0.25, 0.3) is 0 Å². The number of aromatic nitrogens is 1. The summed E-state index contributed by atoms with van der Waals surface area (Å²) in [6.45, 7) is 0. The highest BCUT2D eigenvalue weighted by atomic mass is 32.1. The van der Waals surface area contributed by atoms with Crippen molar-refractivity contribution in [2.24, 2.45) is 0 Å². The maximum atomic E-state index is 11.5. The number of hydrogen-bond donors (Lipinski definition) is 3. The molecule has 0 saturated heterocycles. The van der Waals surface area contributed by atoms with Gasteiger partial charge in [-0.15, -0.1) is 11.3 Å². The van der Waals surface area contributed by atoms with Crippen LogP contribution in [0.15, 0.2) is 11.6 Å². The van der Waals surface area contributed by atoms with E-state index in [-0.39, 0.29) is 0 Å². The van der Waals surface area contributed by atoms with Gasteiger partial charge in [-0.2, -0.15) is 0 Å². The van der Waals surface area contributed by atoms with Gasteiger partial charge >= 0.3 is 12.0 Å². The van der Waals surface area contributed by atoms with Crippen molar-refractivity contribution in [1.29, 1.82) is 0 Å². The van der Waals surface area contributed by atoms with E-state index in [2.05, 4.69) is 15.6 Å². The molecule has 0 unspecified atom stereocenters. The molecular formula is C9H11N3O3S. The van der Waals surface area contributed by atoms with Gasteiger partial charge in [0.15, 0.2) is 5.13 Å². The highest BCUT2D eigenvalue weighted by molar-refractivity contribution is 7.13. The fourth-order valence-corrected chi connectivity index (χ4v) is 2.08. The van der Waals surface area contributed by atoms with Crippen molar-refractivity contribution >= 4 is 28.5 Å². The van der Waals surface area contributed by atoms with E-state index in [1.807, 2.05) is 0 Å². The summed E-state index contributed by atoms with van der Waals surface area (Å²) in [5.41, 5.74) is -1.08. The van der Waals surface area contributed by atoms with Crippen LogP contribution in [0.3, 0.4) is 0 Å². The first-order chi connectivity index (χ1) is 7.62. The summed E-state index contributed by atoms with van der Waals surface area (Å²) in [4.78, 5) is 26.4. The monoisotopic (exact) mass is 241 g/mol. The van der Waals surface area contributed by atoms with Gasteiger partial charge in [0, 0.05) is 11.6 Å². The Morgan fingerprint density at radius 1 is 1.50 bits per heavy atom. The third-order valence-corrected chi connectivity index (χ3v) is 3.31. The molecule has 1 fully saturated rings. The van der Waals surface area contributed by atoms with Crippen molar-refractivity contribution in [3.8, 4) is 0 Å². The number of nitrogens with zero attached hydrogens (tertiary/aromatic N) is 1. The summed E-state index contributed by atoms with van der Waals surface area (Å²) in [5.74, 6) is -0.979. The molecule has 1 aliphatic rings. The van der Waals surface area contributed by atoms with Crippen LogP contribution in [-0.2, 0) is 4.79 Å². The second-order valence-corrected chi connectivity index (χ2v) is 4.55. The number of thiazole rings is 1. The van der Waals surface area contributed by atoms with Gasteiger partial charge in [-0.25, -0.2) is 14.6 Å². The van der Waals surface area contributed by atoms with Gasteiger partial charge in [0.05, 0.1) is 0 Å². The number of hydrogen-bond acceptors (Lipinski definition) is 4. The SMILES string of the molecule is O=C(Nc1nccs1)NC1(C(=O)O)CCC1. The Bertz CT molecular complexity index is 400. The smallest absolute Gasteiger partial charge is 0.329 e. The predicted octanol–water partition coefficient (Wildman–Crippen LogP) is 1.27. The normalized spacial score (nSPS) is 17.2. The van der Waals surface area contributed by atoms with E-state index in [1.54, 1.807) is 11.6 Å². The molecule has 1 aliphatic carbocycles. The molecule has 1 saturated carbocycles. The largest absolute Gasteiger partial charge is 0.480 e. The first-order valence-electron chi connectivity index (χ1n) is 4.84. The molecule has 0 aliphatic heterocycles. The van der Waals surface area contributed by atoms with Gasteiger partial charge in [-0.3, -0.25) is 5.32 Å². The van der Waals surface area contributed by atoms with Crippen LogP contribution >= 0.6 is 11.3 Å². The predicted molar refractivity (Wildman–Crippen MR) is 58.5 cm³/mol. The average Bonchev–Trinajstić information content (AvgIpc) is 2.63. The lowest BCUT2D eigenvalue weighted by atomic mass is 9.77. The number of anilines is 1. The Labute approximate surface area is 95.7 Å². The molecule has 0 aromatic carbocycles. The third kappa shape index (κ3) is 1.99. The molecule has 3 N–H and O–H groups in total. The van der Waals surface area contributed by atoms with E-state index in [0.29, 0.717) is 18.0 Å². The van der Waals surface area contributed by atoms with Crippen LogP contribution in [0.25, 0.3) is 0 Å². The minimum atomic E-state index is -1.08. The average molecular weight is 241 g/mol. The Hall–Kier alpha value is -1.63. The summed E-state index contributed by atoms with van der Waals surface area (Å²) in [5, 5.41) is 16.2. The van der Waals surface area contributed by atoms with Gasteiger partial charge in [-0.1, -0.05) is 0 Å². The number of aliphatic carboxylic acids is 1. The first kappa shape index (κ1) is 10.9. The number of nitrogens with one attached hydrogen (secondary N) is 2. The molecule has 2 amide bonds. The van der Waals surface area contributed by atoms with Crippen molar-refractivity contribution in [2.45, 2.75) is 24.8 Å². The Morgan fingerprint density at radius 3 is 2.69 bits per heavy atom. The molecule has 0 bridgehead atoms. The summed E-state index contributed by atoms with van der Waals surface area (Å²) in [6.07, 6.45) is 3.35. The van der Waals surface area contributed by atoms with Crippen LogP contribution in [0, 0.1) is 0 Å². The first-order valence-corrected chi connectivity index (χ1v) is 5.72. The number of carboxylic acid groups (broad SMARTS) is 1. The number of carbonyl (C=O) groups is 2. The van der Waals surface area contributed by atoms with E-state index in [4.69, 9.17) is 5.11 Å². The summed E-state index contributed by atoms with van der Waals surface area (Å²) < 4.78 is 0. The zero-order chi connectivity index (χ0) is 11.6. The Morgan fingerprint density at radius 2 is 2.25 bits per heavy atom. The van der Waals surface area contributed by atoms with E-state index in [0.717, 1.165) is 6.42 Å². The summed E-state index contributed by atoms with van der Waals surface area (Å²) in [6, 6.07) is -0.517. The number of amides is 2. The van der Waals surface area contributed by atoms with Gasteiger partial charge < -0.3 is 10.4 Å². The molecule has 6 nitrogen and oxygen atoms in total. The topological polar surface area (TPSA) is 91.3 Å². The van der Waals surface area contributed by atoms with Crippen molar-refractivity contribution in [2.75, 3.05) is 5.32 Å². The summed E-state index contributed by atoms with van der Waals surface area (Å²) >= 11 is 1.28. The van der Waals surface area contributed by atoms with Crippen LogP contribution in [0.4, 0.5) is 9.93 Å². The minimum absolute atomic E-state index is 0.456. The summed E-state index contributed by atoms with van der Waals surface area (Å²) in [7, 11) is 0. The molecular weight excluding hydrogens is 230 g/mol. The highest BCUT2D eigenvalue weighted by Gasteiger charge is 2.45. The Kier molecular flexibility index (Phi) is 2.78. The number of rotatable bonds is 3. The molecule has 2 rings (SSSR count). The molecule has 0 atom stereocenters. The van der Waals surface area contributed by atoms with Gasteiger partial charge in [0.1, 0.15) is 5.54 Å². The second kappa shape index (κ2) is 4.09. The van der Waals surface area contributed by atoms with Crippen molar-refractivity contribution < 1.29 is 14.7 Å². The van der Waals surface area contributed by atoms with Crippen LogP contribution in [-0.4, -0.2) is 27.6 Å².